The standard InChI is InChI=1S/C15H21NO/c1-4-15(5-2)13-10-11(3)6-7-12(13)8-9-14(15)16-17/h6-7,10,17H,4-5,8-9H2,1-3H3. The molecule has 0 aromatic heterocycles. The summed E-state index contributed by atoms with van der Waals surface area (Å²) in [5, 5.41) is 12.9. The molecular formula is C15H21NO. The van der Waals surface area contributed by atoms with Crippen molar-refractivity contribution in [3.63, 3.8) is 0 Å². The van der Waals surface area contributed by atoms with Crippen LogP contribution in [0.4, 0.5) is 0 Å². The van der Waals surface area contributed by atoms with E-state index in [1.807, 2.05) is 0 Å². The molecule has 0 fully saturated rings. The van der Waals surface area contributed by atoms with Gasteiger partial charge in [-0.25, -0.2) is 0 Å². The molecule has 0 radical (unpaired) electrons. The maximum Gasteiger partial charge on any atom is 0.0679 e. The van der Waals surface area contributed by atoms with E-state index in [9.17, 15) is 5.21 Å². The quantitative estimate of drug-likeness (QED) is 0.609. The van der Waals surface area contributed by atoms with Gasteiger partial charge < -0.3 is 5.21 Å². The number of hydrogen-bond acceptors (Lipinski definition) is 2. The second-order valence-electron chi connectivity index (χ2n) is 5.00. The molecule has 1 aromatic carbocycles. The van der Waals surface area contributed by atoms with Crippen LogP contribution in [0.15, 0.2) is 23.4 Å². The molecule has 0 saturated heterocycles. The van der Waals surface area contributed by atoms with E-state index in [0.29, 0.717) is 0 Å². The lowest BCUT2D eigenvalue weighted by molar-refractivity contribution is 0.307. The minimum atomic E-state index is -0.0473. The van der Waals surface area contributed by atoms with Gasteiger partial charge in [0, 0.05) is 5.41 Å². The van der Waals surface area contributed by atoms with E-state index in [-0.39, 0.29) is 5.41 Å². The molecule has 2 nitrogen and oxygen atoms in total. The second-order valence-corrected chi connectivity index (χ2v) is 5.00. The number of hydrogen-bond donors (Lipinski definition) is 1. The molecule has 0 bridgehead atoms. The SMILES string of the molecule is CCC1(CC)C(=NO)CCc2ccc(C)cc21. The third-order valence-electron chi connectivity index (χ3n) is 4.29. The van der Waals surface area contributed by atoms with Crippen molar-refractivity contribution in [2.75, 3.05) is 0 Å². The third kappa shape index (κ3) is 1.76. The summed E-state index contributed by atoms with van der Waals surface area (Å²) in [6.45, 7) is 6.50. The summed E-state index contributed by atoms with van der Waals surface area (Å²) in [7, 11) is 0. The zero-order valence-electron chi connectivity index (χ0n) is 11.0. The Balaban J connectivity index is 2.65. The van der Waals surface area contributed by atoms with E-state index in [0.717, 1.165) is 31.4 Å². The van der Waals surface area contributed by atoms with Crippen molar-refractivity contribution < 1.29 is 5.21 Å². The molecule has 1 aliphatic carbocycles. The first-order chi connectivity index (χ1) is 8.17. The molecule has 0 spiro atoms. The average Bonchev–Trinajstić information content (AvgIpc) is 2.37. The maximum absolute atomic E-state index is 9.27. The molecular weight excluding hydrogens is 210 g/mol. The van der Waals surface area contributed by atoms with E-state index in [1.165, 1.54) is 16.7 Å². The molecule has 1 aliphatic rings. The van der Waals surface area contributed by atoms with E-state index < -0.39 is 0 Å². The molecule has 1 N–H and O–H groups in total. The Morgan fingerprint density at radius 3 is 2.53 bits per heavy atom. The lowest BCUT2D eigenvalue weighted by Gasteiger charge is -2.38. The van der Waals surface area contributed by atoms with Crippen LogP contribution in [0.5, 0.6) is 0 Å². The molecule has 0 unspecified atom stereocenters. The first kappa shape index (κ1) is 12.2. The van der Waals surface area contributed by atoms with Gasteiger partial charge in [0.1, 0.15) is 0 Å². The van der Waals surface area contributed by atoms with Crippen molar-refractivity contribution in [2.24, 2.45) is 5.16 Å². The lowest BCUT2D eigenvalue weighted by Crippen LogP contribution is -2.39. The van der Waals surface area contributed by atoms with Gasteiger partial charge in [0.15, 0.2) is 0 Å². The average molecular weight is 231 g/mol. The van der Waals surface area contributed by atoms with E-state index in [1.54, 1.807) is 0 Å². The van der Waals surface area contributed by atoms with Gasteiger partial charge in [-0.1, -0.05) is 42.8 Å². The van der Waals surface area contributed by atoms with Crippen molar-refractivity contribution in [3.05, 3.63) is 34.9 Å². The predicted octanol–water partition coefficient (Wildman–Crippen LogP) is 3.83. The highest BCUT2D eigenvalue weighted by Crippen LogP contribution is 2.41. The number of rotatable bonds is 2. The van der Waals surface area contributed by atoms with Crippen molar-refractivity contribution in [2.45, 2.75) is 51.9 Å². The fourth-order valence-electron chi connectivity index (χ4n) is 3.19. The van der Waals surface area contributed by atoms with E-state index in [2.05, 4.69) is 44.1 Å². The number of benzene rings is 1. The van der Waals surface area contributed by atoms with Gasteiger partial charge in [0.25, 0.3) is 0 Å². The highest BCUT2D eigenvalue weighted by Gasteiger charge is 2.39. The highest BCUT2D eigenvalue weighted by atomic mass is 16.4. The molecule has 0 atom stereocenters. The first-order valence-corrected chi connectivity index (χ1v) is 6.49. The number of fused-ring (bicyclic) bond motifs is 1. The van der Waals surface area contributed by atoms with Crippen molar-refractivity contribution in [3.8, 4) is 0 Å². The van der Waals surface area contributed by atoms with Gasteiger partial charge in [0.2, 0.25) is 0 Å². The molecule has 0 saturated carbocycles. The Bertz CT molecular complexity index is 444. The summed E-state index contributed by atoms with van der Waals surface area (Å²) in [5.41, 5.74) is 5.00. The van der Waals surface area contributed by atoms with Gasteiger partial charge in [-0.15, -0.1) is 0 Å². The van der Waals surface area contributed by atoms with Gasteiger partial charge in [-0.3, -0.25) is 0 Å². The Morgan fingerprint density at radius 2 is 1.94 bits per heavy atom. The zero-order valence-corrected chi connectivity index (χ0v) is 11.0. The molecule has 0 aliphatic heterocycles. The van der Waals surface area contributed by atoms with Gasteiger partial charge in [-0.05, 0) is 43.7 Å². The Labute approximate surface area is 103 Å². The van der Waals surface area contributed by atoms with Crippen LogP contribution in [0.1, 0.15) is 49.8 Å². The Morgan fingerprint density at radius 1 is 1.24 bits per heavy atom. The largest absolute Gasteiger partial charge is 0.411 e. The highest BCUT2D eigenvalue weighted by molar-refractivity contribution is 5.96. The van der Waals surface area contributed by atoms with Crippen LogP contribution >= 0.6 is 0 Å². The minimum absolute atomic E-state index is 0.0473. The van der Waals surface area contributed by atoms with E-state index in [4.69, 9.17) is 0 Å². The minimum Gasteiger partial charge on any atom is -0.411 e. The van der Waals surface area contributed by atoms with Gasteiger partial charge in [-0.2, -0.15) is 0 Å². The van der Waals surface area contributed by atoms with Crippen molar-refractivity contribution >= 4 is 5.71 Å². The second kappa shape index (κ2) is 4.52. The molecule has 0 amide bonds. The summed E-state index contributed by atoms with van der Waals surface area (Å²) in [5.74, 6) is 0. The molecule has 17 heavy (non-hydrogen) atoms. The number of aryl methyl sites for hydroxylation is 2. The summed E-state index contributed by atoms with van der Waals surface area (Å²) >= 11 is 0. The molecule has 2 heteroatoms. The van der Waals surface area contributed by atoms with Crippen molar-refractivity contribution in [1.82, 2.24) is 0 Å². The maximum atomic E-state index is 9.27. The van der Waals surface area contributed by atoms with E-state index >= 15 is 0 Å². The predicted molar refractivity (Wildman–Crippen MR) is 71.0 cm³/mol. The summed E-state index contributed by atoms with van der Waals surface area (Å²) in [4.78, 5) is 0. The zero-order chi connectivity index (χ0) is 12.5. The summed E-state index contributed by atoms with van der Waals surface area (Å²) in [6.07, 6.45) is 3.88. The fourth-order valence-corrected chi connectivity index (χ4v) is 3.19. The number of oxime groups is 1. The summed E-state index contributed by atoms with van der Waals surface area (Å²) < 4.78 is 0. The molecule has 2 rings (SSSR count). The van der Waals surface area contributed by atoms with Crippen LogP contribution in [0.2, 0.25) is 0 Å². The Hall–Kier alpha value is -1.31. The van der Waals surface area contributed by atoms with Crippen LogP contribution < -0.4 is 0 Å². The summed E-state index contributed by atoms with van der Waals surface area (Å²) in [6, 6.07) is 6.68. The third-order valence-corrected chi connectivity index (χ3v) is 4.29. The van der Waals surface area contributed by atoms with Crippen LogP contribution in [0.3, 0.4) is 0 Å². The topological polar surface area (TPSA) is 32.6 Å². The Kier molecular flexibility index (Phi) is 3.23. The first-order valence-electron chi connectivity index (χ1n) is 6.49. The molecule has 92 valence electrons. The van der Waals surface area contributed by atoms with Crippen LogP contribution in [-0.4, -0.2) is 10.9 Å². The van der Waals surface area contributed by atoms with Crippen molar-refractivity contribution in [1.29, 1.82) is 0 Å². The van der Waals surface area contributed by atoms with Crippen LogP contribution in [0, 0.1) is 6.92 Å². The lowest BCUT2D eigenvalue weighted by atomic mass is 9.65. The van der Waals surface area contributed by atoms with Gasteiger partial charge >= 0.3 is 0 Å². The monoisotopic (exact) mass is 231 g/mol. The molecule has 1 aromatic rings. The smallest absolute Gasteiger partial charge is 0.0679 e. The van der Waals surface area contributed by atoms with Crippen LogP contribution in [-0.2, 0) is 11.8 Å². The fraction of sp³-hybridized carbons (Fsp3) is 0.533. The number of nitrogens with zero attached hydrogens (tertiary/aromatic N) is 1. The normalized spacial score (nSPS) is 20.3. The molecule has 0 heterocycles. The van der Waals surface area contributed by atoms with Gasteiger partial charge in [0.05, 0.1) is 5.71 Å². The van der Waals surface area contributed by atoms with Crippen LogP contribution in [0.25, 0.3) is 0 Å².